The predicted molar refractivity (Wildman–Crippen MR) is 68.5 cm³/mol. The molecule has 0 bridgehead atoms. The predicted octanol–water partition coefficient (Wildman–Crippen LogP) is 3.00. The van der Waals surface area contributed by atoms with Crippen LogP contribution in [0.1, 0.15) is 0 Å². The van der Waals surface area contributed by atoms with Crippen LogP contribution in [0.4, 0.5) is 11.4 Å². The fourth-order valence-corrected chi connectivity index (χ4v) is 1.48. The Kier molecular flexibility index (Phi) is 2.97. The van der Waals surface area contributed by atoms with Crippen LogP contribution in [0.5, 0.6) is 17.2 Å². The van der Waals surface area contributed by atoms with Crippen LogP contribution in [0.25, 0.3) is 0 Å². The van der Waals surface area contributed by atoms with Crippen LogP contribution < -0.4 is 16.2 Å². The molecule has 0 heterocycles. The average Bonchev–Trinajstić information content (AvgIpc) is 2.28. The second-order valence-electron chi connectivity index (χ2n) is 3.51. The maximum atomic E-state index is 9.34. The summed E-state index contributed by atoms with van der Waals surface area (Å²) in [5.74, 6) is 0.786. The Hall–Kier alpha value is -2.07. The summed E-state index contributed by atoms with van der Waals surface area (Å²) < 4.78 is 5.50. The molecule has 0 spiro atoms. The molecule has 0 fully saturated rings. The third-order valence-electron chi connectivity index (χ3n) is 2.17. The number of hydrogen-bond acceptors (Lipinski definition) is 4. The number of aromatic hydroxyl groups is 1. The van der Waals surface area contributed by atoms with Crippen molar-refractivity contribution in [3.8, 4) is 17.2 Å². The molecule has 0 aliphatic carbocycles. The zero-order chi connectivity index (χ0) is 12.4. The smallest absolute Gasteiger partial charge is 0.152 e. The molecule has 0 radical (unpaired) electrons. The van der Waals surface area contributed by atoms with E-state index >= 15 is 0 Å². The van der Waals surface area contributed by atoms with Gasteiger partial charge in [0.15, 0.2) is 5.75 Å². The molecule has 0 aliphatic heterocycles. The lowest BCUT2D eigenvalue weighted by Gasteiger charge is -2.10. The molecule has 0 aromatic heterocycles. The molecule has 2 aromatic rings. The number of hydrogen-bond donors (Lipinski definition) is 3. The Bertz CT molecular complexity index is 509. The van der Waals surface area contributed by atoms with Gasteiger partial charge in [0, 0.05) is 17.8 Å². The van der Waals surface area contributed by atoms with E-state index in [1.165, 1.54) is 18.2 Å². The van der Waals surface area contributed by atoms with Gasteiger partial charge < -0.3 is 21.3 Å². The Labute approximate surface area is 103 Å². The molecule has 17 heavy (non-hydrogen) atoms. The van der Waals surface area contributed by atoms with Crippen molar-refractivity contribution in [2.24, 2.45) is 0 Å². The van der Waals surface area contributed by atoms with Crippen LogP contribution in [0.15, 0.2) is 36.4 Å². The van der Waals surface area contributed by atoms with Crippen LogP contribution in [-0.4, -0.2) is 5.11 Å². The molecule has 0 aliphatic rings. The molecule has 0 saturated heterocycles. The third-order valence-corrected chi connectivity index (χ3v) is 2.48. The number of phenolic OH excluding ortho intramolecular Hbond substituents is 1. The molecule has 0 saturated carbocycles. The van der Waals surface area contributed by atoms with Crippen LogP contribution in [-0.2, 0) is 0 Å². The van der Waals surface area contributed by atoms with Gasteiger partial charge in [-0.3, -0.25) is 0 Å². The Morgan fingerprint density at radius 2 is 1.76 bits per heavy atom. The molecular formula is C12H11ClN2O2. The summed E-state index contributed by atoms with van der Waals surface area (Å²) in [7, 11) is 0. The quantitative estimate of drug-likeness (QED) is 0.716. The summed E-state index contributed by atoms with van der Waals surface area (Å²) in [4.78, 5) is 0. The number of nitrogen functional groups attached to an aromatic ring is 2. The lowest BCUT2D eigenvalue weighted by Crippen LogP contribution is -1.94. The lowest BCUT2D eigenvalue weighted by atomic mass is 10.2. The number of nitrogens with two attached hydrogens (primary N) is 2. The zero-order valence-corrected chi connectivity index (χ0v) is 9.61. The second-order valence-corrected chi connectivity index (χ2v) is 3.92. The SMILES string of the molecule is Nc1ccc(N)c(Oc2cc(O)ccc2Cl)c1. The Morgan fingerprint density at radius 3 is 2.53 bits per heavy atom. The van der Waals surface area contributed by atoms with Crippen molar-refractivity contribution in [1.29, 1.82) is 0 Å². The van der Waals surface area contributed by atoms with Crippen LogP contribution in [0.2, 0.25) is 5.02 Å². The minimum Gasteiger partial charge on any atom is -0.508 e. The number of ether oxygens (including phenoxy) is 1. The van der Waals surface area contributed by atoms with E-state index in [0.717, 1.165) is 0 Å². The molecule has 5 N–H and O–H groups in total. The Balaban J connectivity index is 2.37. The van der Waals surface area contributed by atoms with Crippen molar-refractivity contribution in [3.05, 3.63) is 41.4 Å². The lowest BCUT2D eigenvalue weighted by molar-refractivity contribution is 0.456. The molecule has 88 valence electrons. The van der Waals surface area contributed by atoms with Crippen molar-refractivity contribution in [2.45, 2.75) is 0 Å². The fraction of sp³-hybridized carbons (Fsp3) is 0. The van der Waals surface area contributed by atoms with E-state index < -0.39 is 0 Å². The van der Waals surface area contributed by atoms with Gasteiger partial charge in [0.2, 0.25) is 0 Å². The first kappa shape index (κ1) is 11.4. The summed E-state index contributed by atoms with van der Waals surface area (Å²) in [5, 5.41) is 9.72. The standard InChI is InChI=1S/C12H11ClN2O2/c13-9-3-2-8(16)6-11(9)17-12-5-7(14)1-4-10(12)15/h1-6,16H,14-15H2. The van der Waals surface area contributed by atoms with Crippen molar-refractivity contribution in [2.75, 3.05) is 11.5 Å². The van der Waals surface area contributed by atoms with E-state index in [4.69, 9.17) is 27.8 Å². The Morgan fingerprint density at radius 1 is 1.00 bits per heavy atom. The van der Waals surface area contributed by atoms with Gasteiger partial charge in [-0.1, -0.05) is 11.6 Å². The minimum atomic E-state index is 0.0619. The van der Waals surface area contributed by atoms with E-state index in [9.17, 15) is 5.11 Å². The highest BCUT2D eigenvalue weighted by atomic mass is 35.5. The van der Waals surface area contributed by atoms with Gasteiger partial charge in [0.1, 0.15) is 11.5 Å². The summed E-state index contributed by atoms with van der Waals surface area (Å²) >= 11 is 5.93. The minimum absolute atomic E-state index is 0.0619. The van der Waals surface area contributed by atoms with Gasteiger partial charge in [-0.15, -0.1) is 0 Å². The van der Waals surface area contributed by atoms with Crippen molar-refractivity contribution in [1.82, 2.24) is 0 Å². The zero-order valence-electron chi connectivity index (χ0n) is 8.85. The van der Waals surface area contributed by atoms with Gasteiger partial charge >= 0.3 is 0 Å². The molecule has 2 rings (SSSR count). The van der Waals surface area contributed by atoms with E-state index in [1.807, 2.05) is 0 Å². The number of anilines is 2. The van der Waals surface area contributed by atoms with E-state index in [-0.39, 0.29) is 5.75 Å². The fourth-order valence-electron chi connectivity index (χ4n) is 1.33. The van der Waals surface area contributed by atoms with Crippen LogP contribution >= 0.6 is 11.6 Å². The van der Waals surface area contributed by atoms with Crippen LogP contribution in [0, 0.1) is 0 Å². The van der Waals surface area contributed by atoms with E-state index in [0.29, 0.717) is 27.9 Å². The molecule has 2 aromatic carbocycles. The van der Waals surface area contributed by atoms with Gasteiger partial charge in [0.05, 0.1) is 10.7 Å². The van der Waals surface area contributed by atoms with Crippen LogP contribution in [0.3, 0.4) is 0 Å². The van der Waals surface area contributed by atoms with Crippen molar-refractivity contribution < 1.29 is 9.84 Å². The molecule has 5 heteroatoms. The summed E-state index contributed by atoms with van der Waals surface area (Å²) in [6.45, 7) is 0. The largest absolute Gasteiger partial charge is 0.508 e. The first-order valence-electron chi connectivity index (χ1n) is 4.87. The van der Waals surface area contributed by atoms with E-state index in [1.54, 1.807) is 18.2 Å². The average molecular weight is 251 g/mol. The number of benzene rings is 2. The second kappa shape index (κ2) is 4.43. The van der Waals surface area contributed by atoms with E-state index in [2.05, 4.69) is 0 Å². The van der Waals surface area contributed by atoms with Crippen molar-refractivity contribution >= 4 is 23.0 Å². The molecule has 0 unspecified atom stereocenters. The van der Waals surface area contributed by atoms with Gasteiger partial charge in [-0.2, -0.15) is 0 Å². The highest BCUT2D eigenvalue weighted by Crippen LogP contribution is 2.35. The monoisotopic (exact) mass is 250 g/mol. The van der Waals surface area contributed by atoms with Gasteiger partial charge in [-0.05, 0) is 24.3 Å². The number of phenols is 1. The van der Waals surface area contributed by atoms with Crippen molar-refractivity contribution in [3.63, 3.8) is 0 Å². The first-order valence-corrected chi connectivity index (χ1v) is 5.25. The first-order chi connectivity index (χ1) is 8.06. The number of rotatable bonds is 2. The summed E-state index contributed by atoms with van der Waals surface area (Å²) in [6, 6.07) is 9.32. The molecular weight excluding hydrogens is 240 g/mol. The molecule has 0 atom stereocenters. The topological polar surface area (TPSA) is 81.5 Å². The summed E-state index contributed by atoms with van der Waals surface area (Å²) in [6.07, 6.45) is 0. The van der Waals surface area contributed by atoms with Gasteiger partial charge in [-0.25, -0.2) is 0 Å². The molecule has 4 nitrogen and oxygen atoms in total. The number of halogens is 1. The normalized spacial score (nSPS) is 10.2. The summed E-state index contributed by atoms with van der Waals surface area (Å²) in [5.41, 5.74) is 12.3. The molecule has 0 amide bonds. The van der Waals surface area contributed by atoms with Gasteiger partial charge in [0.25, 0.3) is 0 Å². The maximum Gasteiger partial charge on any atom is 0.152 e. The third kappa shape index (κ3) is 2.54. The maximum absolute atomic E-state index is 9.34. The highest BCUT2D eigenvalue weighted by molar-refractivity contribution is 6.32. The highest BCUT2D eigenvalue weighted by Gasteiger charge is 2.07.